The van der Waals surface area contributed by atoms with Gasteiger partial charge in [0.15, 0.2) is 5.82 Å². The molecule has 0 aliphatic heterocycles. The Bertz CT molecular complexity index is 1130. The van der Waals surface area contributed by atoms with Gasteiger partial charge in [0, 0.05) is 5.41 Å². The van der Waals surface area contributed by atoms with E-state index in [1.165, 1.54) is 27.6 Å². The molecule has 2 aromatic heterocycles. The highest BCUT2D eigenvalue weighted by Gasteiger charge is 2.45. The van der Waals surface area contributed by atoms with E-state index in [2.05, 4.69) is 58.4 Å². The molecule has 0 spiro atoms. The van der Waals surface area contributed by atoms with Crippen LogP contribution in [0.5, 0.6) is 11.8 Å². The molecule has 6 heteroatoms. The second kappa shape index (κ2) is 6.81. The van der Waals surface area contributed by atoms with E-state index in [1.807, 2.05) is 12.1 Å². The topological polar surface area (TPSA) is 52.8 Å². The molecule has 1 aliphatic rings. The molecule has 1 aliphatic carbocycles. The van der Waals surface area contributed by atoms with Crippen molar-refractivity contribution in [1.82, 2.24) is 19.7 Å². The SMILES string of the molecule is Cc1ccc(C2(c3ccc(Oc4ncc(-n5cc(F)cn5)cn4)cc3)CC2)cc1. The first-order chi connectivity index (χ1) is 14.1. The van der Waals surface area contributed by atoms with Gasteiger partial charge in [-0.3, -0.25) is 0 Å². The summed E-state index contributed by atoms with van der Waals surface area (Å²) in [6.07, 6.45) is 7.80. The zero-order valence-corrected chi connectivity index (χ0v) is 15.9. The zero-order valence-electron chi connectivity index (χ0n) is 15.9. The first-order valence-electron chi connectivity index (χ1n) is 9.51. The quantitative estimate of drug-likeness (QED) is 0.485. The predicted octanol–water partition coefficient (Wildman–Crippen LogP) is 4.98. The van der Waals surface area contributed by atoms with E-state index in [9.17, 15) is 4.39 Å². The van der Waals surface area contributed by atoms with Crippen LogP contribution in [-0.2, 0) is 5.41 Å². The molecule has 0 N–H and O–H groups in total. The lowest BCUT2D eigenvalue weighted by molar-refractivity contribution is 0.441. The van der Waals surface area contributed by atoms with Gasteiger partial charge in [-0.15, -0.1) is 0 Å². The van der Waals surface area contributed by atoms with Gasteiger partial charge >= 0.3 is 6.01 Å². The minimum atomic E-state index is -0.413. The number of halogens is 1. The lowest BCUT2D eigenvalue weighted by atomic mass is 9.88. The summed E-state index contributed by atoms with van der Waals surface area (Å²) in [6.45, 7) is 2.11. The Labute approximate surface area is 167 Å². The van der Waals surface area contributed by atoms with E-state index in [0.717, 1.165) is 19.0 Å². The fourth-order valence-electron chi connectivity index (χ4n) is 3.61. The Hall–Kier alpha value is -3.54. The van der Waals surface area contributed by atoms with Gasteiger partial charge < -0.3 is 4.74 Å². The third-order valence-electron chi connectivity index (χ3n) is 5.40. The molecular formula is C23H19FN4O. The molecule has 2 heterocycles. The van der Waals surface area contributed by atoms with Crippen LogP contribution >= 0.6 is 0 Å². The van der Waals surface area contributed by atoms with Crippen LogP contribution in [0.25, 0.3) is 5.69 Å². The van der Waals surface area contributed by atoms with Crippen LogP contribution in [-0.4, -0.2) is 19.7 Å². The van der Waals surface area contributed by atoms with Crippen LogP contribution in [0.4, 0.5) is 4.39 Å². The third-order valence-corrected chi connectivity index (χ3v) is 5.40. The number of aromatic nitrogens is 4. The van der Waals surface area contributed by atoms with Crippen LogP contribution < -0.4 is 4.74 Å². The average molecular weight is 386 g/mol. The number of nitrogens with zero attached hydrogens (tertiary/aromatic N) is 4. The third kappa shape index (κ3) is 3.38. The molecule has 29 heavy (non-hydrogen) atoms. The van der Waals surface area contributed by atoms with E-state index in [1.54, 1.807) is 12.4 Å². The Balaban J connectivity index is 1.31. The van der Waals surface area contributed by atoms with Crippen molar-refractivity contribution in [2.75, 3.05) is 0 Å². The molecule has 0 atom stereocenters. The Kier molecular flexibility index (Phi) is 4.12. The van der Waals surface area contributed by atoms with Crippen molar-refractivity contribution in [2.45, 2.75) is 25.2 Å². The number of benzene rings is 2. The van der Waals surface area contributed by atoms with Gasteiger partial charge in [-0.05, 0) is 43.0 Å². The van der Waals surface area contributed by atoms with Gasteiger partial charge in [-0.2, -0.15) is 5.10 Å². The molecule has 0 radical (unpaired) electrons. The number of aryl methyl sites for hydroxylation is 1. The van der Waals surface area contributed by atoms with E-state index >= 15 is 0 Å². The molecule has 0 bridgehead atoms. The molecule has 5 nitrogen and oxygen atoms in total. The highest BCUT2D eigenvalue weighted by Crippen LogP contribution is 2.53. The Morgan fingerprint density at radius 3 is 2.07 bits per heavy atom. The van der Waals surface area contributed by atoms with Crippen LogP contribution in [0.2, 0.25) is 0 Å². The highest BCUT2D eigenvalue weighted by molar-refractivity contribution is 5.47. The number of ether oxygens (including phenoxy) is 1. The standard InChI is InChI=1S/C23H19FN4O/c1-16-2-4-17(5-3-16)23(10-11-23)18-6-8-21(9-7-18)29-22-25-13-20(14-26-22)28-15-19(24)12-27-28/h2-9,12-15H,10-11H2,1H3. The van der Waals surface area contributed by atoms with Gasteiger partial charge in [0.05, 0.1) is 24.8 Å². The van der Waals surface area contributed by atoms with Crippen LogP contribution in [0.1, 0.15) is 29.5 Å². The fourth-order valence-corrected chi connectivity index (χ4v) is 3.61. The molecule has 4 aromatic rings. The predicted molar refractivity (Wildman–Crippen MR) is 107 cm³/mol. The van der Waals surface area contributed by atoms with E-state index in [4.69, 9.17) is 4.74 Å². The van der Waals surface area contributed by atoms with Gasteiger partial charge in [0.2, 0.25) is 0 Å². The molecule has 0 amide bonds. The summed E-state index contributed by atoms with van der Waals surface area (Å²) < 4.78 is 20.2. The molecule has 0 saturated heterocycles. The second-order valence-corrected chi connectivity index (χ2v) is 7.40. The lowest BCUT2D eigenvalue weighted by Gasteiger charge is -2.17. The van der Waals surface area contributed by atoms with Crippen LogP contribution in [0, 0.1) is 12.7 Å². The summed E-state index contributed by atoms with van der Waals surface area (Å²) in [4.78, 5) is 8.36. The summed E-state index contributed by atoms with van der Waals surface area (Å²) in [7, 11) is 0. The van der Waals surface area contributed by atoms with E-state index in [0.29, 0.717) is 11.4 Å². The molecule has 1 fully saturated rings. The van der Waals surface area contributed by atoms with Crippen molar-refractivity contribution < 1.29 is 9.13 Å². The Morgan fingerprint density at radius 1 is 0.897 bits per heavy atom. The minimum absolute atomic E-state index is 0.128. The maximum atomic E-state index is 13.1. The maximum Gasteiger partial charge on any atom is 0.322 e. The van der Waals surface area contributed by atoms with Crippen LogP contribution in [0.15, 0.2) is 73.3 Å². The van der Waals surface area contributed by atoms with Crippen molar-refractivity contribution >= 4 is 0 Å². The molecule has 2 aromatic carbocycles. The molecule has 5 rings (SSSR count). The maximum absolute atomic E-state index is 13.1. The number of hydrogen-bond acceptors (Lipinski definition) is 4. The van der Waals surface area contributed by atoms with Crippen molar-refractivity contribution in [2.24, 2.45) is 0 Å². The summed E-state index contributed by atoms with van der Waals surface area (Å²) in [5, 5.41) is 3.89. The van der Waals surface area contributed by atoms with Gasteiger partial charge in [-0.1, -0.05) is 42.0 Å². The summed E-state index contributed by atoms with van der Waals surface area (Å²) in [5.74, 6) is 0.260. The van der Waals surface area contributed by atoms with Gasteiger partial charge in [0.1, 0.15) is 11.4 Å². The van der Waals surface area contributed by atoms with Crippen LogP contribution in [0.3, 0.4) is 0 Å². The normalized spacial score (nSPS) is 14.6. The van der Waals surface area contributed by atoms with Gasteiger partial charge in [-0.25, -0.2) is 19.0 Å². The van der Waals surface area contributed by atoms with Crippen molar-refractivity contribution in [3.05, 3.63) is 95.8 Å². The minimum Gasteiger partial charge on any atom is -0.424 e. The van der Waals surface area contributed by atoms with E-state index < -0.39 is 5.82 Å². The van der Waals surface area contributed by atoms with Gasteiger partial charge in [0.25, 0.3) is 0 Å². The summed E-state index contributed by atoms with van der Waals surface area (Å²) in [6, 6.07) is 17.2. The first kappa shape index (κ1) is 17.6. The number of hydrogen-bond donors (Lipinski definition) is 0. The molecule has 0 unspecified atom stereocenters. The summed E-state index contributed by atoms with van der Waals surface area (Å²) in [5.41, 5.74) is 4.63. The largest absolute Gasteiger partial charge is 0.424 e. The van der Waals surface area contributed by atoms with E-state index in [-0.39, 0.29) is 11.4 Å². The molecule has 144 valence electrons. The second-order valence-electron chi connectivity index (χ2n) is 7.40. The number of rotatable bonds is 5. The lowest BCUT2D eigenvalue weighted by Crippen LogP contribution is -2.08. The Morgan fingerprint density at radius 2 is 1.52 bits per heavy atom. The van der Waals surface area contributed by atoms with Crippen molar-refractivity contribution in [3.63, 3.8) is 0 Å². The summed E-state index contributed by atoms with van der Waals surface area (Å²) >= 11 is 0. The van der Waals surface area contributed by atoms with Crippen molar-refractivity contribution in [3.8, 4) is 17.4 Å². The highest BCUT2D eigenvalue weighted by atomic mass is 19.1. The smallest absolute Gasteiger partial charge is 0.322 e. The average Bonchev–Trinajstić information content (AvgIpc) is 3.44. The fraction of sp³-hybridized carbons (Fsp3) is 0.174. The van der Waals surface area contributed by atoms with Crippen molar-refractivity contribution in [1.29, 1.82) is 0 Å². The molecule has 1 saturated carbocycles. The zero-order chi connectivity index (χ0) is 19.8. The molecular weight excluding hydrogens is 367 g/mol. The first-order valence-corrected chi connectivity index (χ1v) is 9.51. The monoisotopic (exact) mass is 386 g/mol.